The van der Waals surface area contributed by atoms with Crippen molar-refractivity contribution in [3.63, 3.8) is 0 Å². The summed E-state index contributed by atoms with van der Waals surface area (Å²) in [5, 5.41) is 11.1. The van der Waals surface area contributed by atoms with Crippen LogP contribution in [0.5, 0.6) is 5.75 Å². The molecule has 2 aromatic carbocycles. The molecule has 3 rings (SSSR count). The first-order valence-electron chi connectivity index (χ1n) is 10.4. The highest BCUT2D eigenvalue weighted by Gasteiger charge is 2.45. The van der Waals surface area contributed by atoms with Gasteiger partial charge in [-0.25, -0.2) is 0 Å². The molecule has 1 heterocycles. The van der Waals surface area contributed by atoms with Crippen LogP contribution in [0.25, 0.3) is 5.76 Å². The highest BCUT2D eigenvalue weighted by atomic mass is 16.5. The maximum Gasteiger partial charge on any atom is 0.295 e. The van der Waals surface area contributed by atoms with Crippen LogP contribution in [-0.2, 0) is 14.3 Å². The zero-order valence-corrected chi connectivity index (χ0v) is 18.4. The number of likely N-dealkylation sites (tertiary alicyclic amines) is 1. The van der Waals surface area contributed by atoms with Crippen molar-refractivity contribution >= 4 is 17.4 Å². The number of aryl methyl sites for hydroxylation is 1. The molecule has 0 unspecified atom stereocenters. The Morgan fingerprint density at radius 2 is 1.84 bits per heavy atom. The number of ether oxygens (including phenoxy) is 2. The van der Waals surface area contributed by atoms with E-state index in [0.717, 1.165) is 11.1 Å². The van der Waals surface area contributed by atoms with Crippen LogP contribution in [0.15, 0.2) is 54.1 Å². The van der Waals surface area contributed by atoms with E-state index in [1.807, 2.05) is 45.0 Å². The van der Waals surface area contributed by atoms with Gasteiger partial charge in [-0.2, -0.15) is 0 Å². The first-order chi connectivity index (χ1) is 14.8. The number of methoxy groups -OCH3 is 1. The molecule has 0 aromatic heterocycles. The lowest BCUT2D eigenvalue weighted by Gasteiger charge is -2.25. The molecule has 0 radical (unpaired) electrons. The average molecular weight is 424 g/mol. The Bertz CT molecular complexity index is 978. The van der Waals surface area contributed by atoms with Gasteiger partial charge in [0, 0.05) is 18.7 Å². The van der Waals surface area contributed by atoms with Crippen LogP contribution in [0, 0.1) is 6.92 Å². The van der Waals surface area contributed by atoms with E-state index in [0.29, 0.717) is 30.9 Å². The number of hydrogen-bond donors (Lipinski definition) is 1. The summed E-state index contributed by atoms with van der Waals surface area (Å²) in [6, 6.07) is 13.8. The molecule has 6 heteroatoms. The van der Waals surface area contributed by atoms with Crippen LogP contribution in [0.4, 0.5) is 0 Å². The Hall–Kier alpha value is -3.12. The zero-order chi connectivity index (χ0) is 22.5. The number of benzene rings is 2. The number of Topliss-reactive ketones (excluding diaryl/α,β-unsaturated/α-hetero) is 1. The number of nitrogens with zero attached hydrogens (tertiary/aromatic N) is 1. The van der Waals surface area contributed by atoms with Crippen molar-refractivity contribution in [3.8, 4) is 5.75 Å². The van der Waals surface area contributed by atoms with Gasteiger partial charge in [0.1, 0.15) is 11.5 Å². The standard InChI is InChI=1S/C25H29NO5/c1-16(2)31-14-6-13-26-22(18-11-9-17(3)10-12-18)21(24(28)25(26)29)23(27)19-7-5-8-20(15-19)30-4/h5,7-12,15-16,22,27H,6,13-14H2,1-4H3/t22-/m0/s1. The molecule has 6 nitrogen and oxygen atoms in total. The normalized spacial score (nSPS) is 18.1. The topological polar surface area (TPSA) is 76.1 Å². The average Bonchev–Trinajstić information content (AvgIpc) is 3.01. The van der Waals surface area contributed by atoms with Crippen LogP contribution < -0.4 is 4.74 Å². The van der Waals surface area contributed by atoms with Crippen LogP contribution >= 0.6 is 0 Å². The van der Waals surface area contributed by atoms with E-state index in [1.54, 1.807) is 24.3 Å². The summed E-state index contributed by atoms with van der Waals surface area (Å²) in [5.41, 5.74) is 2.36. The van der Waals surface area contributed by atoms with Gasteiger partial charge in [0.2, 0.25) is 0 Å². The van der Waals surface area contributed by atoms with Crippen molar-refractivity contribution in [1.82, 2.24) is 4.90 Å². The number of amides is 1. The van der Waals surface area contributed by atoms with Gasteiger partial charge in [-0.15, -0.1) is 0 Å². The third-order valence-electron chi connectivity index (χ3n) is 5.27. The number of rotatable bonds is 8. The summed E-state index contributed by atoms with van der Waals surface area (Å²) in [7, 11) is 1.53. The summed E-state index contributed by atoms with van der Waals surface area (Å²) in [5.74, 6) is -0.949. The number of aliphatic hydroxyl groups is 1. The number of carbonyl (C=O) groups is 2. The van der Waals surface area contributed by atoms with Crippen LogP contribution in [0.1, 0.15) is 43.0 Å². The molecule has 1 aliphatic rings. The minimum Gasteiger partial charge on any atom is -0.507 e. The fourth-order valence-corrected chi connectivity index (χ4v) is 3.69. The minimum absolute atomic E-state index is 0.0897. The summed E-state index contributed by atoms with van der Waals surface area (Å²) in [6.07, 6.45) is 0.684. The maximum absolute atomic E-state index is 13.0. The predicted octanol–water partition coefficient (Wildman–Crippen LogP) is 4.24. The lowest BCUT2D eigenvalue weighted by Crippen LogP contribution is -2.31. The summed E-state index contributed by atoms with van der Waals surface area (Å²) >= 11 is 0. The fourth-order valence-electron chi connectivity index (χ4n) is 3.69. The molecule has 0 spiro atoms. The Balaban J connectivity index is 2.03. The SMILES string of the molecule is COc1cccc(C(O)=C2C(=O)C(=O)N(CCCOC(C)C)[C@H]2c2ccc(C)cc2)c1. The molecule has 2 aromatic rings. The van der Waals surface area contributed by atoms with E-state index in [4.69, 9.17) is 9.47 Å². The summed E-state index contributed by atoms with van der Waals surface area (Å²) in [6.45, 7) is 6.71. The van der Waals surface area contributed by atoms with Crippen LogP contribution in [-0.4, -0.2) is 48.1 Å². The molecule has 31 heavy (non-hydrogen) atoms. The quantitative estimate of drug-likeness (QED) is 0.297. The molecular formula is C25H29NO5. The highest BCUT2D eigenvalue weighted by Crippen LogP contribution is 2.39. The molecule has 0 bridgehead atoms. The van der Waals surface area contributed by atoms with Crippen molar-refractivity contribution in [1.29, 1.82) is 0 Å². The van der Waals surface area contributed by atoms with Gasteiger partial charge in [0.15, 0.2) is 0 Å². The summed E-state index contributed by atoms with van der Waals surface area (Å²) in [4.78, 5) is 27.5. The van der Waals surface area contributed by atoms with Crippen molar-refractivity contribution in [2.24, 2.45) is 0 Å². The lowest BCUT2D eigenvalue weighted by atomic mass is 9.94. The van der Waals surface area contributed by atoms with Gasteiger partial charge in [0.25, 0.3) is 11.7 Å². The second-order valence-electron chi connectivity index (χ2n) is 7.91. The number of carbonyl (C=O) groups excluding carboxylic acids is 2. The van der Waals surface area contributed by atoms with Crippen LogP contribution in [0.3, 0.4) is 0 Å². The second kappa shape index (κ2) is 9.79. The zero-order valence-electron chi connectivity index (χ0n) is 18.4. The lowest BCUT2D eigenvalue weighted by molar-refractivity contribution is -0.140. The first-order valence-corrected chi connectivity index (χ1v) is 10.4. The van der Waals surface area contributed by atoms with Crippen molar-refractivity contribution in [2.75, 3.05) is 20.3 Å². The van der Waals surface area contributed by atoms with Gasteiger partial charge >= 0.3 is 0 Å². The fraction of sp³-hybridized carbons (Fsp3) is 0.360. The van der Waals surface area contributed by atoms with E-state index >= 15 is 0 Å². The van der Waals surface area contributed by atoms with Crippen molar-refractivity contribution in [3.05, 3.63) is 70.8 Å². The van der Waals surface area contributed by atoms with Gasteiger partial charge < -0.3 is 19.5 Å². The van der Waals surface area contributed by atoms with Gasteiger partial charge in [-0.1, -0.05) is 42.0 Å². The van der Waals surface area contributed by atoms with E-state index < -0.39 is 17.7 Å². The molecule has 1 atom stereocenters. The Kier molecular flexibility index (Phi) is 7.13. The second-order valence-corrected chi connectivity index (χ2v) is 7.91. The highest BCUT2D eigenvalue weighted by molar-refractivity contribution is 6.46. The Morgan fingerprint density at radius 3 is 2.48 bits per heavy atom. The first kappa shape index (κ1) is 22.6. The molecule has 0 aliphatic carbocycles. The van der Waals surface area contributed by atoms with E-state index in [1.165, 1.54) is 12.0 Å². The molecular weight excluding hydrogens is 394 g/mol. The molecule has 1 saturated heterocycles. The number of hydrogen-bond acceptors (Lipinski definition) is 5. The molecule has 164 valence electrons. The maximum atomic E-state index is 13.0. The van der Waals surface area contributed by atoms with E-state index in [2.05, 4.69) is 0 Å². The Morgan fingerprint density at radius 1 is 1.13 bits per heavy atom. The Labute approximate surface area is 183 Å². The van der Waals surface area contributed by atoms with E-state index in [-0.39, 0.29) is 17.4 Å². The number of aliphatic hydroxyl groups excluding tert-OH is 1. The largest absolute Gasteiger partial charge is 0.507 e. The third-order valence-corrected chi connectivity index (χ3v) is 5.27. The smallest absolute Gasteiger partial charge is 0.295 e. The van der Waals surface area contributed by atoms with Crippen molar-refractivity contribution in [2.45, 2.75) is 39.3 Å². The van der Waals surface area contributed by atoms with Gasteiger partial charge in [-0.05, 0) is 44.9 Å². The van der Waals surface area contributed by atoms with Crippen LogP contribution in [0.2, 0.25) is 0 Å². The molecule has 0 saturated carbocycles. The monoisotopic (exact) mass is 423 g/mol. The van der Waals surface area contributed by atoms with E-state index in [9.17, 15) is 14.7 Å². The predicted molar refractivity (Wildman–Crippen MR) is 119 cm³/mol. The van der Waals surface area contributed by atoms with Gasteiger partial charge in [-0.3, -0.25) is 9.59 Å². The molecule has 1 N–H and O–H groups in total. The minimum atomic E-state index is -0.685. The molecule has 1 amide bonds. The molecule has 1 fully saturated rings. The summed E-state index contributed by atoms with van der Waals surface area (Å²) < 4.78 is 10.8. The van der Waals surface area contributed by atoms with Gasteiger partial charge in [0.05, 0.1) is 24.8 Å². The van der Waals surface area contributed by atoms with Crippen molar-refractivity contribution < 1.29 is 24.2 Å². The third kappa shape index (κ3) is 4.97. The number of ketones is 1. The molecule has 1 aliphatic heterocycles.